The summed E-state index contributed by atoms with van der Waals surface area (Å²) in [6, 6.07) is 0.701. The summed E-state index contributed by atoms with van der Waals surface area (Å²) in [6.07, 6.45) is -0.633. The van der Waals surface area contributed by atoms with Crippen molar-refractivity contribution in [1.29, 1.82) is 0 Å². The summed E-state index contributed by atoms with van der Waals surface area (Å²) >= 11 is 3.02. The second-order valence-electron chi connectivity index (χ2n) is 5.05. The van der Waals surface area contributed by atoms with Crippen LogP contribution in [0.1, 0.15) is 31.2 Å². The third-order valence-electron chi connectivity index (χ3n) is 3.66. The van der Waals surface area contributed by atoms with E-state index in [0.717, 1.165) is 18.9 Å². The molecule has 0 aliphatic heterocycles. The maximum Gasteiger partial charge on any atom is 0.419 e. The molecule has 1 aliphatic carbocycles. The van der Waals surface area contributed by atoms with E-state index in [9.17, 15) is 18.3 Å². The highest BCUT2D eigenvalue weighted by Crippen LogP contribution is 2.38. The molecule has 20 heavy (non-hydrogen) atoms. The van der Waals surface area contributed by atoms with Crippen molar-refractivity contribution in [1.82, 2.24) is 4.98 Å². The van der Waals surface area contributed by atoms with Crippen molar-refractivity contribution in [3.8, 4) is 0 Å². The Labute approximate surface area is 123 Å². The van der Waals surface area contributed by atoms with Gasteiger partial charge >= 0.3 is 6.18 Å². The number of aromatic nitrogens is 1. The number of rotatable bonds is 2. The SMILES string of the molecule is CN(c1ncc(Br)cc1C(F)(F)F)C1CCCCC1O. The number of likely N-dealkylation sites (N-methyl/N-ethyl adjacent to an activating group) is 1. The van der Waals surface area contributed by atoms with Crippen molar-refractivity contribution in [2.75, 3.05) is 11.9 Å². The second-order valence-corrected chi connectivity index (χ2v) is 5.97. The number of nitrogens with zero attached hydrogens (tertiary/aromatic N) is 2. The van der Waals surface area contributed by atoms with E-state index < -0.39 is 17.8 Å². The Morgan fingerprint density at radius 3 is 2.60 bits per heavy atom. The fourth-order valence-corrected chi connectivity index (χ4v) is 2.95. The molecule has 2 rings (SSSR count). The summed E-state index contributed by atoms with van der Waals surface area (Å²) in [4.78, 5) is 5.36. The van der Waals surface area contributed by atoms with Crippen LogP contribution in [0.2, 0.25) is 0 Å². The van der Waals surface area contributed by atoms with Crippen LogP contribution in [0.3, 0.4) is 0 Å². The lowest BCUT2D eigenvalue weighted by Crippen LogP contribution is -2.44. The highest BCUT2D eigenvalue weighted by molar-refractivity contribution is 9.10. The third-order valence-corrected chi connectivity index (χ3v) is 4.10. The van der Waals surface area contributed by atoms with Crippen molar-refractivity contribution in [3.63, 3.8) is 0 Å². The zero-order chi connectivity index (χ0) is 14.9. The maximum atomic E-state index is 13.1. The average molecular weight is 353 g/mol. The van der Waals surface area contributed by atoms with E-state index in [1.807, 2.05) is 0 Å². The maximum absolute atomic E-state index is 13.1. The lowest BCUT2D eigenvalue weighted by Gasteiger charge is -2.36. The topological polar surface area (TPSA) is 36.4 Å². The molecule has 0 spiro atoms. The second kappa shape index (κ2) is 5.89. The van der Waals surface area contributed by atoms with E-state index in [4.69, 9.17) is 0 Å². The Morgan fingerprint density at radius 2 is 2.00 bits per heavy atom. The van der Waals surface area contributed by atoms with Gasteiger partial charge in [-0.2, -0.15) is 13.2 Å². The minimum absolute atomic E-state index is 0.133. The fourth-order valence-electron chi connectivity index (χ4n) is 2.62. The van der Waals surface area contributed by atoms with Crippen LogP contribution in [0.25, 0.3) is 0 Å². The molecule has 1 N–H and O–H groups in total. The third kappa shape index (κ3) is 3.25. The Morgan fingerprint density at radius 1 is 1.35 bits per heavy atom. The lowest BCUT2D eigenvalue weighted by atomic mass is 9.91. The van der Waals surface area contributed by atoms with Gasteiger partial charge in [-0.15, -0.1) is 0 Å². The first-order valence-corrected chi connectivity index (χ1v) is 7.23. The molecule has 1 aliphatic rings. The quantitative estimate of drug-likeness (QED) is 0.883. The number of alkyl halides is 3. The van der Waals surface area contributed by atoms with E-state index in [-0.39, 0.29) is 16.3 Å². The first-order valence-electron chi connectivity index (χ1n) is 6.44. The fraction of sp³-hybridized carbons (Fsp3) is 0.615. The Hall–Kier alpha value is -0.820. The molecule has 1 fully saturated rings. The zero-order valence-corrected chi connectivity index (χ0v) is 12.6. The Bertz CT molecular complexity index is 481. The predicted octanol–water partition coefficient (Wildman–Crippen LogP) is 3.60. The molecule has 112 valence electrons. The van der Waals surface area contributed by atoms with Crippen molar-refractivity contribution in [2.45, 2.75) is 44.0 Å². The Balaban J connectivity index is 2.36. The van der Waals surface area contributed by atoms with Crippen LogP contribution in [0.4, 0.5) is 19.0 Å². The van der Waals surface area contributed by atoms with Gasteiger partial charge < -0.3 is 10.0 Å². The first-order chi connectivity index (χ1) is 9.30. The van der Waals surface area contributed by atoms with Crippen molar-refractivity contribution >= 4 is 21.7 Å². The molecule has 2 unspecified atom stereocenters. The standard InChI is InChI=1S/C13H16BrF3N2O/c1-19(10-4-2-3-5-11(10)20)12-9(13(15,16)17)6-8(14)7-18-12/h6-7,10-11,20H,2-5H2,1H3. The molecular formula is C13H16BrF3N2O. The molecule has 0 amide bonds. The van der Waals surface area contributed by atoms with Gasteiger partial charge in [-0.1, -0.05) is 12.8 Å². The van der Waals surface area contributed by atoms with Gasteiger partial charge in [0, 0.05) is 17.7 Å². The van der Waals surface area contributed by atoms with Crippen LogP contribution in [0, 0.1) is 0 Å². The van der Waals surface area contributed by atoms with E-state index in [0.29, 0.717) is 12.8 Å². The molecule has 2 atom stereocenters. The molecule has 1 saturated carbocycles. The normalized spacial score (nSPS) is 23.7. The predicted molar refractivity (Wildman–Crippen MR) is 73.6 cm³/mol. The number of anilines is 1. The number of aliphatic hydroxyl groups excluding tert-OH is 1. The van der Waals surface area contributed by atoms with Crippen LogP contribution in [0.5, 0.6) is 0 Å². The van der Waals surface area contributed by atoms with Crippen molar-refractivity contribution < 1.29 is 18.3 Å². The van der Waals surface area contributed by atoms with Gasteiger partial charge in [-0.3, -0.25) is 0 Å². The zero-order valence-electron chi connectivity index (χ0n) is 11.0. The van der Waals surface area contributed by atoms with E-state index in [1.165, 1.54) is 11.1 Å². The number of hydrogen-bond donors (Lipinski definition) is 1. The van der Waals surface area contributed by atoms with Gasteiger partial charge in [0.05, 0.1) is 17.7 Å². The highest BCUT2D eigenvalue weighted by Gasteiger charge is 2.38. The molecule has 1 aromatic heterocycles. The number of aliphatic hydroxyl groups is 1. The van der Waals surface area contributed by atoms with Crippen LogP contribution < -0.4 is 4.90 Å². The number of pyridine rings is 1. The van der Waals surface area contributed by atoms with Crippen LogP contribution in [-0.4, -0.2) is 29.3 Å². The molecule has 3 nitrogen and oxygen atoms in total. The minimum Gasteiger partial charge on any atom is -0.391 e. The van der Waals surface area contributed by atoms with E-state index in [2.05, 4.69) is 20.9 Å². The minimum atomic E-state index is -4.47. The van der Waals surface area contributed by atoms with Gasteiger partial charge in [0.15, 0.2) is 0 Å². The number of halogens is 4. The summed E-state index contributed by atoms with van der Waals surface area (Å²) in [5.41, 5.74) is -0.785. The molecule has 1 aromatic rings. The van der Waals surface area contributed by atoms with Gasteiger partial charge in [0.1, 0.15) is 5.82 Å². The van der Waals surface area contributed by atoms with Gasteiger partial charge in [0.2, 0.25) is 0 Å². The molecule has 0 saturated heterocycles. The van der Waals surface area contributed by atoms with Gasteiger partial charge in [-0.25, -0.2) is 4.98 Å². The largest absolute Gasteiger partial charge is 0.419 e. The molecule has 0 radical (unpaired) electrons. The van der Waals surface area contributed by atoms with Crippen LogP contribution >= 0.6 is 15.9 Å². The van der Waals surface area contributed by atoms with Gasteiger partial charge in [-0.05, 0) is 34.8 Å². The monoisotopic (exact) mass is 352 g/mol. The highest BCUT2D eigenvalue weighted by atomic mass is 79.9. The van der Waals surface area contributed by atoms with E-state index >= 15 is 0 Å². The molecule has 7 heteroatoms. The van der Waals surface area contributed by atoms with Crippen molar-refractivity contribution in [3.05, 3.63) is 22.3 Å². The Kier molecular flexibility index (Phi) is 4.59. The lowest BCUT2D eigenvalue weighted by molar-refractivity contribution is -0.137. The smallest absolute Gasteiger partial charge is 0.391 e. The van der Waals surface area contributed by atoms with E-state index in [1.54, 1.807) is 7.05 Å². The first kappa shape index (κ1) is 15.6. The summed E-state index contributed by atoms with van der Waals surface area (Å²) < 4.78 is 39.6. The molecule has 1 heterocycles. The summed E-state index contributed by atoms with van der Waals surface area (Å²) in [6.45, 7) is 0. The average Bonchev–Trinajstić information content (AvgIpc) is 2.37. The summed E-state index contributed by atoms with van der Waals surface area (Å²) in [5.74, 6) is -0.133. The summed E-state index contributed by atoms with van der Waals surface area (Å²) in [5, 5.41) is 9.99. The van der Waals surface area contributed by atoms with Crippen LogP contribution in [-0.2, 0) is 6.18 Å². The molecular weight excluding hydrogens is 337 g/mol. The molecule has 0 aromatic carbocycles. The molecule has 0 bridgehead atoms. The number of hydrogen-bond acceptors (Lipinski definition) is 3. The van der Waals surface area contributed by atoms with Gasteiger partial charge in [0.25, 0.3) is 0 Å². The van der Waals surface area contributed by atoms with Crippen LogP contribution in [0.15, 0.2) is 16.7 Å². The summed E-state index contributed by atoms with van der Waals surface area (Å²) in [7, 11) is 1.56. The van der Waals surface area contributed by atoms with Crippen molar-refractivity contribution in [2.24, 2.45) is 0 Å².